The van der Waals surface area contributed by atoms with Crippen molar-refractivity contribution < 1.29 is 18.0 Å². The van der Waals surface area contributed by atoms with Crippen LogP contribution in [0.15, 0.2) is 30.6 Å². The number of nitrogens with zero attached hydrogens (tertiary/aromatic N) is 5. The molecule has 4 rings (SSSR count). The molecule has 1 saturated heterocycles. The predicted octanol–water partition coefficient (Wildman–Crippen LogP) is 3.44. The molecule has 3 aromatic rings. The quantitative estimate of drug-likeness (QED) is 0.505. The SMILES string of the molecule is Cc1cc(C2CN(C(=O)c3ccc(F)c(I)c3)CC(F)(F)C2)n2ncnc2n1. The van der Waals surface area contributed by atoms with Gasteiger partial charge in [-0.1, -0.05) is 0 Å². The van der Waals surface area contributed by atoms with Crippen LogP contribution in [0.1, 0.15) is 34.1 Å². The van der Waals surface area contributed by atoms with Gasteiger partial charge in [0.25, 0.3) is 17.6 Å². The molecule has 0 N–H and O–H groups in total. The van der Waals surface area contributed by atoms with Crippen LogP contribution in [0.3, 0.4) is 0 Å². The first-order valence-electron chi connectivity index (χ1n) is 8.53. The van der Waals surface area contributed by atoms with Gasteiger partial charge in [-0.2, -0.15) is 10.1 Å². The highest BCUT2D eigenvalue weighted by Gasteiger charge is 2.43. The Morgan fingerprint density at radius 1 is 1.32 bits per heavy atom. The highest BCUT2D eigenvalue weighted by molar-refractivity contribution is 14.1. The summed E-state index contributed by atoms with van der Waals surface area (Å²) in [6.45, 7) is 1.17. The number of alkyl halides is 2. The van der Waals surface area contributed by atoms with Crippen LogP contribution in [0, 0.1) is 16.3 Å². The van der Waals surface area contributed by atoms with Crippen LogP contribution in [-0.4, -0.2) is 49.4 Å². The molecule has 0 saturated carbocycles. The monoisotopic (exact) mass is 501 g/mol. The summed E-state index contributed by atoms with van der Waals surface area (Å²) >= 11 is 1.77. The molecule has 28 heavy (non-hydrogen) atoms. The number of rotatable bonds is 2. The van der Waals surface area contributed by atoms with Crippen LogP contribution in [0.2, 0.25) is 0 Å². The van der Waals surface area contributed by atoms with Gasteiger partial charge in [0.05, 0.1) is 12.2 Å². The number of carbonyl (C=O) groups is 1. The molecule has 146 valence electrons. The number of aryl methyl sites for hydroxylation is 1. The number of aromatic nitrogens is 4. The van der Waals surface area contributed by atoms with Gasteiger partial charge in [-0.15, -0.1) is 0 Å². The maximum Gasteiger partial charge on any atom is 0.266 e. The summed E-state index contributed by atoms with van der Waals surface area (Å²) in [5.41, 5.74) is 1.35. The fourth-order valence-electron chi connectivity index (χ4n) is 3.51. The second-order valence-corrected chi connectivity index (χ2v) is 8.03. The molecule has 10 heteroatoms. The molecule has 1 amide bonds. The first-order valence-corrected chi connectivity index (χ1v) is 9.61. The number of hydrogen-bond donors (Lipinski definition) is 0. The van der Waals surface area contributed by atoms with E-state index in [0.717, 1.165) is 4.90 Å². The first kappa shape index (κ1) is 19.1. The number of likely N-dealkylation sites (tertiary alicyclic amines) is 1. The average molecular weight is 501 g/mol. The Labute approximate surface area is 171 Å². The summed E-state index contributed by atoms with van der Waals surface area (Å²) in [6.07, 6.45) is 0.908. The lowest BCUT2D eigenvalue weighted by Gasteiger charge is -2.37. The van der Waals surface area contributed by atoms with Crippen molar-refractivity contribution in [2.45, 2.75) is 25.2 Å². The summed E-state index contributed by atoms with van der Waals surface area (Å²) in [5, 5.41) is 4.08. The summed E-state index contributed by atoms with van der Waals surface area (Å²) in [5.74, 6) is -4.38. The first-order chi connectivity index (χ1) is 13.2. The van der Waals surface area contributed by atoms with Gasteiger partial charge in [-0.3, -0.25) is 4.79 Å². The Balaban J connectivity index is 1.69. The van der Waals surface area contributed by atoms with Crippen molar-refractivity contribution in [3.63, 3.8) is 0 Å². The molecule has 3 heterocycles. The topological polar surface area (TPSA) is 63.4 Å². The van der Waals surface area contributed by atoms with Gasteiger partial charge >= 0.3 is 0 Å². The Hall–Kier alpha value is -2.24. The molecule has 0 bridgehead atoms. The zero-order valence-electron chi connectivity index (χ0n) is 14.7. The van der Waals surface area contributed by atoms with Crippen molar-refractivity contribution in [1.29, 1.82) is 0 Å². The van der Waals surface area contributed by atoms with Gasteiger partial charge in [0.15, 0.2) is 0 Å². The van der Waals surface area contributed by atoms with Gasteiger partial charge in [0, 0.05) is 33.7 Å². The summed E-state index contributed by atoms with van der Waals surface area (Å²) in [4.78, 5) is 22.2. The van der Waals surface area contributed by atoms with Crippen LogP contribution in [-0.2, 0) is 0 Å². The Morgan fingerprint density at radius 3 is 2.86 bits per heavy atom. The standard InChI is InChI=1S/C18H15F3IN5O/c1-10-4-15(27-17(25-10)23-9-24-27)12-6-18(20,21)8-26(7-12)16(28)11-2-3-13(19)14(22)5-11/h2-5,9,12H,6-8H2,1H3. The van der Waals surface area contributed by atoms with Gasteiger partial charge in [0.2, 0.25) is 0 Å². The normalized spacial score (nSPS) is 19.2. The third kappa shape index (κ3) is 3.56. The van der Waals surface area contributed by atoms with Gasteiger partial charge in [-0.25, -0.2) is 22.7 Å². The van der Waals surface area contributed by atoms with E-state index in [1.54, 1.807) is 35.6 Å². The number of piperidine rings is 1. The Morgan fingerprint density at radius 2 is 2.11 bits per heavy atom. The fraction of sp³-hybridized carbons (Fsp3) is 0.333. The molecule has 1 atom stereocenters. The highest BCUT2D eigenvalue weighted by atomic mass is 127. The van der Waals surface area contributed by atoms with Crippen molar-refractivity contribution in [2.75, 3.05) is 13.1 Å². The lowest BCUT2D eigenvalue weighted by atomic mass is 9.91. The summed E-state index contributed by atoms with van der Waals surface area (Å²) in [6, 6.07) is 5.54. The molecule has 6 nitrogen and oxygen atoms in total. The van der Waals surface area contributed by atoms with Crippen molar-refractivity contribution in [3.8, 4) is 0 Å². The van der Waals surface area contributed by atoms with E-state index >= 15 is 0 Å². The maximum absolute atomic E-state index is 14.5. The zero-order valence-corrected chi connectivity index (χ0v) is 16.9. The smallest absolute Gasteiger partial charge is 0.266 e. The molecule has 0 radical (unpaired) electrons. The van der Waals surface area contributed by atoms with E-state index in [4.69, 9.17) is 0 Å². The van der Waals surface area contributed by atoms with E-state index in [2.05, 4.69) is 15.1 Å². The van der Waals surface area contributed by atoms with E-state index in [1.807, 2.05) is 0 Å². The largest absolute Gasteiger partial charge is 0.332 e. The number of hydrogen-bond acceptors (Lipinski definition) is 4. The van der Waals surface area contributed by atoms with Crippen LogP contribution >= 0.6 is 22.6 Å². The van der Waals surface area contributed by atoms with Crippen LogP contribution in [0.4, 0.5) is 13.2 Å². The molecule has 1 aromatic carbocycles. The summed E-state index contributed by atoms with van der Waals surface area (Å²) < 4.78 is 44.2. The lowest BCUT2D eigenvalue weighted by Crippen LogP contribution is -2.49. The van der Waals surface area contributed by atoms with E-state index < -0.39 is 36.5 Å². The van der Waals surface area contributed by atoms with Gasteiger partial charge in [-0.05, 0) is 53.8 Å². The maximum atomic E-state index is 14.5. The van der Waals surface area contributed by atoms with Crippen molar-refractivity contribution >= 4 is 34.3 Å². The number of carbonyl (C=O) groups excluding carboxylic acids is 1. The number of fused-ring (bicyclic) bond motifs is 1. The summed E-state index contributed by atoms with van der Waals surface area (Å²) in [7, 11) is 0. The predicted molar refractivity (Wildman–Crippen MR) is 103 cm³/mol. The minimum absolute atomic E-state index is 0.0980. The second kappa shape index (κ2) is 6.98. The third-order valence-electron chi connectivity index (χ3n) is 4.69. The van der Waals surface area contributed by atoms with E-state index in [-0.39, 0.29) is 15.7 Å². The van der Waals surface area contributed by atoms with Gasteiger partial charge < -0.3 is 4.90 Å². The molecule has 0 spiro atoms. The van der Waals surface area contributed by atoms with Crippen molar-refractivity contribution in [2.24, 2.45) is 0 Å². The lowest BCUT2D eigenvalue weighted by molar-refractivity contribution is -0.0641. The average Bonchev–Trinajstić information content (AvgIpc) is 3.09. The molecule has 1 unspecified atom stereocenters. The van der Waals surface area contributed by atoms with Crippen molar-refractivity contribution in [3.05, 3.63) is 56.9 Å². The molecule has 1 fully saturated rings. The fourth-order valence-corrected chi connectivity index (χ4v) is 4.03. The molecular formula is C18H15F3IN5O. The Bertz CT molecular complexity index is 1070. The van der Waals surface area contributed by atoms with Crippen molar-refractivity contribution in [1.82, 2.24) is 24.5 Å². The zero-order chi connectivity index (χ0) is 20.1. The third-order valence-corrected chi connectivity index (χ3v) is 5.51. The van der Waals surface area contributed by atoms with Gasteiger partial charge in [0.1, 0.15) is 12.1 Å². The van der Waals surface area contributed by atoms with E-state index in [9.17, 15) is 18.0 Å². The van der Waals surface area contributed by atoms with Crippen LogP contribution < -0.4 is 0 Å². The highest BCUT2D eigenvalue weighted by Crippen LogP contribution is 2.37. The number of amides is 1. The minimum Gasteiger partial charge on any atom is -0.332 e. The second-order valence-electron chi connectivity index (χ2n) is 6.87. The number of halogens is 4. The minimum atomic E-state index is -3.06. The Kier molecular flexibility index (Phi) is 4.76. The van der Waals surface area contributed by atoms with Crippen LogP contribution in [0.25, 0.3) is 5.78 Å². The number of benzene rings is 1. The molecule has 0 aliphatic carbocycles. The molecule has 2 aromatic heterocycles. The molecular weight excluding hydrogens is 486 g/mol. The molecule has 1 aliphatic rings. The van der Waals surface area contributed by atoms with E-state index in [1.165, 1.54) is 29.0 Å². The van der Waals surface area contributed by atoms with E-state index in [0.29, 0.717) is 17.2 Å². The van der Waals surface area contributed by atoms with Crippen LogP contribution in [0.5, 0.6) is 0 Å². The molecule has 1 aliphatic heterocycles.